The van der Waals surface area contributed by atoms with E-state index in [1.807, 2.05) is 12.1 Å². The van der Waals surface area contributed by atoms with Crippen molar-refractivity contribution >= 4 is 5.82 Å². The molecule has 3 heterocycles. The molecule has 1 fully saturated rings. The van der Waals surface area contributed by atoms with E-state index in [2.05, 4.69) is 20.3 Å². The highest BCUT2D eigenvalue weighted by molar-refractivity contribution is 5.60. The standard InChI is InChI=1S/C18H20F3N5/c19-18(20,21)11-26-8-6-13(10-26)23-17-14-4-1-5-15(14)24-16(25-17)12-3-2-7-22-9-12/h2-3,7,9,13H,1,4-6,8,10-11H2,(H,23,24,25). The highest BCUT2D eigenvalue weighted by atomic mass is 19.4. The lowest BCUT2D eigenvalue weighted by molar-refractivity contribution is -0.143. The molecule has 2 aromatic rings. The summed E-state index contributed by atoms with van der Waals surface area (Å²) in [6.45, 7) is -0.0333. The van der Waals surface area contributed by atoms with E-state index < -0.39 is 12.7 Å². The van der Waals surface area contributed by atoms with Crippen LogP contribution in [-0.2, 0) is 12.8 Å². The van der Waals surface area contributed by atoms with Crippen LogP contribution >= 0.6 is 0 Å². The number of anilines is 1. The normalized spacial score (nSPS) is 20.3. The molecule has 2 aromatic heterocycles. The minimum Gasteiger partial charge on any atom is -0.366 e. The van der Waals surface area contributed by atoms with Crippen molar-refractivity contribution in [2.75, 3.05) is 25.0 Å². The van der Waals surface area contributed by atoms with Gasteiger partial charge in [-0.2, -0.15) is 13.2 Å². The third-order valence-corrected chi connectivity index (χ3v) is 4.87. The lowest BCUT2D eigenvalue weighted by Gasteiger charge is -2.19. The Morgan fingerprint density at radius 1 is 1.23 bits per heavy atom. The van der Waals surface area contributed by atoms with Gasteiger partial charge in [0.05, 0.1) is 6.54 Å². The first-order chi connectivity index (χ1) is 12.5. The Kier molecular flexibility index (Phi) is 4.52. The van der Waals surface area contributed by atoms with E-state index in [-0.39, 0.29) is 6.04 Å². The number of hydrogen-bond acceptors (Lipinski definition) is 5. The molecule has 138 valence electrons. The average Bonchev–Trinajstić information content (AvgIpc) is 3.23. The van der Waals surface area contributed by atoms with Crippen LogP contribution < -0.4 is 5.32 Å². The molecule has 0 radical (unpaired) electrons. The lowest BCUT2D eigenvalue weighted by atomic mass is 10.2. The molecule has 0 bridgehead atoms. The van der Waals surface area contributed by atoms with Crippen LogP contribution in [0.3, 0.4) is 0 Å². The van der Waals surface area contributed by atoms with Crippen LogP contribution in [0.15, 0.2) is 24.5 Å². The molecule has 1 atom stereocenters. The van der Waals surface area contributed by atoms with Gasteiger partial charge in [0.15, 0.2) is 5.82 Å². The number of likely N-dealkylation sites (tertiary alicyclic amines) is 1. The molecule has 0 amide bonds. The van der Waals surface area contributed by atoms with Gasteiger partial charge in [-0.3, -0.25) is 9.88 Å². The van der Waals surface area contributed by atoms with Gasteiger partial charge in [-0.25, -0.2) is 9.97 Å². The fourth-order valence-electron chi connectivity index (χ4n) is 3.72. The van der Waals surface area contributed by atoms with Crippen molar-refractivity contribution in [3.8, 4) is 11.4 Å². The molecule has 1 N–H and O–H groups in total. The number of rotatable bonds is 4. The van der Waals surface area contributed by atoms with Crippen LogP contribution in [0.25, 0.3) is 11.4 Å². The number of fused-ring (bicyclic) bond motifs is 1. The van der Waals surface area contributed by atoms with Gasteiger partial charge in [0.25, 0.3) is 0 Å². The number of halogens is 3. The van der Waals surface area contributed by atoms with Crippen molar-refractivity contribution < 1.29 is 13.2 Å². The Bertz CT molecular complexity index is 778. The Morgan fingerprint density at radius 3 is 2.88 bits per heavy atom. The third kappa shape index (κ3) is 3.80. The summed E-state index contributed by atoms with van der Waals surface area (Å²) in [5.74, 6) is 1.39. The molecule has 0 spiro atoms. The second-order valence-corrected chi connectivity index (χ2v) is 6.90. The summed E-state index contributed by atoms with van der Waals surface area (Å²) in [4.78, 5) is 14.9. The number of alkyl halides is 3. The first kappa shape index (κ1) is 17.2. The zero-order chi connectivity index (χ0) is 18.1. The molecule has 1 saturated heterocycles. The van der Waals surface area contributed by atoms with E-state index >= 15 is 0 Å². The Balaban J connectivity index is 1.54. The van der Waals surface area contributed by atoms with Crippen molar-refractivity contribution in [3.63, 3.8) is 0 Å². The van der Waals surface area contributed by atoms with Crippen molar-refractivity contribution in [1.82, 2.24) is 19.9 Å². The quantitative estimate of drug-likeness (QED) is 0.905. The zero-order valence-corrected chi connectivity index (χ0v) is 14.3. The molecule has 1 unspecified atom stereocenters. The first-order valence-electron chi connectivity index (χ1n) is 8.84. The molecule has 8 heteroatoms. The Labute approximate surface area is 149 Å². The smallest absolute Gasteiger partial charge is 0.366 e. The van der Waals surface area contributed by atoms with E-state index in [1.165, 1.54) is 4.90 Å². The fourth-order valence-corrected chi connectivity index (χ4v) is 3.72. The van der Waals surface area contributed by atoms with Gasteiger partial charge in [0, 0.05) is 48.3 Å². The second kappa shape index (κ2) is 6.83. The summed E-state index contributed by atoms with van der Waals surface area (Å²) >= 11 is 0. The van der Waals surface area contributed by atoms with Gasteiger partial charge >= 0.3 is 6.18 Å². The molecule has 4 rings (SSSR count). The minimum absolute atomic E-state index is 0.0290. The predicted octanol–water partition coefficient (Wildman–Crippen LogP) is 3.08. The van der Waals surface area contributed by atoms with Crippen LogP contribution in [0.5, 0.6) is 0 Å². The monoisotopic (exact) mass is 363 g/mol. The molecular formula is C18H20F3N5. The molecular weight excluding hydrogens is 343 g/mol. The SMILES string of the molecule is FC(F)(F)CN1CCC(Nc2nc(-c3cccnc3)nc3c2CCC3)C1. The van der Waals surface area contributed by atoms with E-state index in [4.69, 9.17) is 0 Å². The number of aromatic nitrogens is 3. The number of nitrogens with zero attached hydrogens (tertiary/aromatic N) is 4. The largest absolute Gasteiger partial charge is 0.401 e. The number of nitrogens with one attached hydrogen (secondary N) is 1. The molecule has 0 saturated carbocycles. The Morgan fingerprint density at radius 2 is 2.12 bits per heavy atom. The maximum Gasteiger partial charge on any atom is 0.401 e. The van der Waals surface area contributed by atoms with Gasteiger partial charge in [0.1, 0.15) is 5.82 Å². The van der Waals surface area contributed by atoms with Gasteiger partial charge in [-0.1, -0.05) is 0 Å². The maximum atomic E-state index is 12.6. The van der Waals surface area contributed by atoms with E-state index in [0.29, 0.717) is 25.3 Å². The highest BCUT2D eigenvalue weighted by Gasteiger charge is 2.34. The first-order valence-corrected chi connectivity index (χ1v) is 8.84. The molecule has 1 aliphatic carbocycles. The van der Waals surface area contributed by atoms with Gasteiger partial charge in [0.2, 0.25) is 0 Å². The summed E-state index contributed by atoms with van der Waals surface area (Å²) in [6, 6.07) is 3.72. The topological polar surface area (TPSA) is 53.9 Å². The zero-order valence-electron chi connectivity index (χ0n) is 14.3. The number of pyridine rings is 1. The van der Waals surface area contributed by atoms with Gasteiger partial charge in [-0.15, -0.1) is 0 Å². The molecule has 26 heavy (non-hydrogen) atoms. The van der Waals surface area contributed by atoms with Crippen LogP contribution in [-0.4, -0.2) is 51.7 Å². The van der Waals surface area contributed by atoms with Gasteiger partial charge in [-0.05, 0) is 37.8 Å². The highest BCUT2D eigenvalue weighted by Crippen LogP contribution is 2.30. The van der Waals surface area contributed by atoms with Crippen molar-refractivity contribution in [2.24, 2.45) is 0 Å². The second-order valence-electron chi connectivity index (χ2n) is 6.90. The van der Waals surface area contributed by atoms with E-state index in [0.717, 1.165) is 41.9 Å². The maximum absolute atomic E-state index is 12.6. The minimum atomic E-state index is -4.15. The summed E-state index contributed by atoms with van der Waals surface area (Å²) in [6.07, 6.45) is 2.79. The molecule has 0 aromatic carbocycles. The third-order valence-electron chi connectivity index (χ3n) is 4.87. The van der Waals surface area contributed by atoms with Crippen molar-refractivity contribution in [1.29, 1.82) is 0 Å². The lowest BCUT2D eigenvalue weighted by Crippen LogP contribution is -2.34. The van der Waals surface area contributed by atoms with Gasteiger partial charge < -0.3 is 5.32 Å². The number of aryl methyl sites for hydroxylation is 1. The molecule has 5 nitrogen and oxygen atoms in total. The van der Waals surface area contributed by atoms with Crippen molar-refractivity contribution in [3.05, 3.63) is 35.8 Å². The molecule has 1 aliphatic heterocycles. The van der Waals surface area contributed by atoms with Crippen LogP contribution in [0.4, 0.5) is 19.0 Å². The van der Waals surface area contributed by atoms with E-state index in [1.54, 1.807) is 12.4 Å². The predicted molar refractivity (Wildman–Crippen MR) is 91.8 cm³/mol. The Hall–Kier alpha value is -2.22. The fraction of sp³-hybridized carbons (Fsp3) is 0.500. The number of hydrogen-bond donors (Lipinski definition) is 1. The summed E-state index contributed by atoms with van der Waals surface area (Å²) in [5.41, 5.74) is 2.98. The van der Waals surface area contributed by atoms with Crippen LogP contribution in [0.1, 0.15) is 24.1 Å². The summed E-state index contributed by atoms with van der Waals surface area (Å²) in [7, 11) is 0. The van der Waals surface area contributed by atoms with Crippen LogP contribution in [0.2, 0.25) is 0 Å². The van der Waals surface area contributed by atoms with Crippen LogP contribution in [0, 0.1) is 0 Å². The molecule has 2 aliphatic rings. The summed E-state index contributed by atoms with van der Waals surface area (Å²) < 4.78 is 37.8. The summed E-state index contributed by atoms with van der Waals surface area (Å²) in [5, 5.41) is 3.39. The van der Waals surface area contributed by atoms with E-state index in [9.17, 15) is 13.2 Å². The average molecular weight is 363 g/mol. The van der Waals surface area contributed by atoms with Crippen molar-refractivity contribution in [2.45, 2.75) is 37.9 Å².